The van der Waals surface area contributed by atoms with Crippen molar-refractivity contribution in [3.8, 4) is 33.4 Å². The van der Waals surface area contributed by atoms with E-state index in [9.17, 15) is 29.8 Å². The van der Waals surface area contributed by atoms with Gasteiger partial charge in [-0.2, -0.15) is 0 Å². The van der Waals surface area contributed by atoms with Crippen LogP contribution in [-0.2, 0) is 0 Å². The third-order valence-electron chi connectivity index (χ3n) is 8.28. The molecule has 0 fully saturated rings. The number of fused-ring (bicyclic) bond motifs is 4. The van der Waals surface area contributed by atoms with E-state index in [2.05, 4.69) is 0 Å². The number of nitrogens with zero attached hydrogens (tertiary/aromatic N) is 2. The van der Waals surface area contributed by atoms with Crippen LogP contribution in [0.3, 0.4) is 0 Å². The monoisotopic (exact) mass is 548 g/mol. The average Bonchev–Trinajstić information content (AvgIpc) is 3.01. The second-order valence-corrected chi connectivity index (χ2v) is 10.5. The molecule has 0 bridgehead atoms. The third kappa shape index (κ3) is 3.11. The molecule has 2 aliphatic rings. The van der Waals surface area contributed by atoms with Crippen molar-refractivity contribution in [2.24, 2.45) is 0 Å². The van der Waals surface area contributed by atoms with Crippen LogP contribution in [0, 0.1) is 20.2 Å². The fourth-order valence-corrected chi connectivity index (χ4v) is 6.50. The molecule has 198 valence electrons. The van der Waals surface area contributed by atoms with Gasteiger partial charge in [0.05, 0.1) is 15.4 Å². The van der Waals surface area contributed by atoms with Crippen molar-refractivity contribution in [3.63, 3.8) is 0 Å². The summed E-state index contributed by atoms with van der Waals surface area (Å²) in [7, 11) is 0. The van der Waals surface area contributed by atoms with Gasteiger partial charge in [0, 0.05) is 51.2 Å². The Kier molecular flexibility index (Phi) is 4.68. The first-order valence-electron chi connectivity index (χ1n) is 13.1. The number of carbonyl (C=O) groups is 2. The summed E-state index contributed by atoms with van der Waals surface area (Å²) >= 11 is 0. The number of hydrogen-bond acceptors (Lipinski definition) is 6. The van der Waals surface area contributed by atoms with Crippen LogP contribution in [-0.4, -0.2) is 21.4 Å². The van der Waals surface area contributed by atoms with Crippen LogP contribution in [0.5, 0.6) is 0 Å². The van der Waals surface area contributed by atoms with Gasteiger partial charge in [0.2, 0.25) is 0 Å². The Balaban J connectivity index is 1.44. The zero-order chi connectivity index (χ0) is 28.9. The summed E-state index contributed by atoms with van der Waals surface area (Å²) in [6, 6.07) is 27.5. The first-order valence-corrected chi connectivity index (χ1v) is 13.1. The van der Waals surface area contributed by atoms with Gasteiger partial charge < -0.3 is 0 Å². The maximum absolute atomic E-state index is 13.4. The molecule has 0 saturated heterocycles. The summed E-state index contributed by atoms with van der Waals surface area (Å²) in [6.45, 7) is 0. The molecular formula is C34H16N2O6. The van der Waals surface area contributed by atoms with Crippen LogP contribution in [0.25, 0.3) is 54.9 Å². The molecule has 42 heavy (non-hydrogen) atoms. The molecule has 0 spiro atoms. The van der Waals surface area contributed by atoms with E-state index in [1.807, 2.05) is 36.4 Å². The molecule has 6 aromatic rings. The van der Waals surface area contributed by atoms with E-state index in [0.717, 1.165) is 32.8 Å². The summed E-state index contributed by atoms with van der Waals surface area (Å²) < 4.78 is 0. The average molecular weight is 549 g/mol. The molecule has 0 aliphatic heterocycles. The number of non-ortho nitro benzene ring substituents is 1. The van der Waals surface area contributed by atoms with Crippen molar-refractivity contribution in [1.29, 1.82) is 0 Å². The van der Waals surface area contributed by atoms with E-state index in [-0.39, 0.29) is 34.1 Å². The minimum Gasteiger partial charge on any atom is -0.289 e. The Morgan fingerprint density at radius 2 is 1.05 bits per heavy atom. The van der Waals surface area contributed by atoms with Crippen LogP contribution < -0.4 is 0 Å². The zero-order valence-electron chi connectivity index (χ0n) is 21.6. The highest BCUT2D eigenvalue weighted by molar-refractivity contribution is 6.28. The lowest BCUT2D eigenvalue weighted by atomic mass is 9.79. The van der Waals surface area contributed by atoms with Gasteiger partial charge >= 0.3 is 0 Å². The van der Waals surface area contributed by atoms with Crippen LogP contribution in [0.1, 0.15) is 31.8 Å². The van der Waals surface area contributed by atoms with Crippen LogP contribution in [0.2, 0.25) is 0 Å². The topological polar surface area (TPSA) is 120 Å². The number of nitro benzene ring substituents is 2. The number of nitro groups is 2. The van der Waals surface area contributed by atoms with Crippen molar-refractivity contribution in [1.82, 2.24) is 0 Å². The Hall–Kier alpha value is -6.02. The van der Waals surface area contributed by atoms with Gasteiger partial charge in [-0.15, -0.1) is 0 Å². The molecule has 0 N–H and O–H groups in total. The first-order chi connectivity index (χ1) is 20.3. The molecule has 8 rings (SSSR count). The molecule has 2 aliphatic carbocycles. The first kappa shape index (κ1) is 23.8. The fourth-order valence-electron chi connectivity index (χ4n) is 6.50. The highest BCUT2D eigenvalue weighted by Crippen LogP contribution is 2.47. The SMILES string of the molecule is O=C1c2cc([N+](=O)[O-])ccc2-c2cc(-c3cc4c5c(cccc5c3)C(=O)c3cccc([N+](=O)[O-])c3-4)cc3cccc1c23. The second-order valence-electron chi connectivity index (χ2n) is 10.5. The highest BCUT2D eigenvalue weighted by Gasteiger charge is 2.32. The lowest BCUT2D eigenvalue weighted by Gasteiger charge is -2.23. The number of carbonyl (C=O) groups excluding carboxylic acids is 2. The van der Waals surface area contributed by atoms with Gasteiger partial charge in [-0.25, -0.2) is 0 Å². The second kappa shape index (κ2) is 8.25. The molecule has 0 atom stereocenters. The predicted molar refractivity (Wildman–Crippen MR) is 158 cm³/mol. The van der Waals surface area contributed by atoms with Gasteiger partial charge in [-0.1, -0.05) is 42.5 Å². The van der Waals surface area contributed by atoms with E-state index in [0.29, 0.717) is 33.2 Å². The van der Waals surface area contributed by atoms with Crippen LogP contribution in [0.15, 0.2) is 97.1 Å². The normalized spacial score (nSPS) is 12.8. The number of hydrogen-bond donors (Lipinski definition) is 0. The fraction of sp³-hybridized carbons (Fsp3) is 0. The minimum atomic E-state index is -0.517. The Morgan fingerprint density at radius 3 is 1.69 bits per heavy atom. The van der Waals surface area contributed by atoms with E-state index < -0.39 is 9.85 Å². The van der Waals surface area contributed by atoms with E-state index in [1.165, 1.54) is 24.3 Å². The van der Waals surface area contributed by atoms with E-state index >= 15 is 0 Å². The lowest BCUT2D eigenvalue weighted by Crippen LogP contribution is -2.12. The third-order valence-corrected chi connectivity index (χ3v) is 8.28. The highest BCUT2D eigenvalue weighted by atomic mass is 16.6. The smallest absolute Gasteiger partial charge is 0.277 e. The van der Waals surface area contributed by atoms with Gasteiger partial charge in [0.25, 0.3) is 11.4 Å². The molecule has 6 aromatic carbocycles. The lowest BCUT2D eigenvalue weighted by molar-refractivity contribution is -0.384. The van der Waals surface area contributed by atoms with Crippen LogP contribution >= 0.6 is 0 Å². The number of ketones is 2. The molecule has 0 heterocycles. The quantitative estimate of drug-likeness (QED) is 0.163. The standard InChI is InChI=1S/C34H16N2O6/c37-33-24-7-2-5-18-13-20(15-28(31(18)24)32-25(33)8-3-9-29(32)36(41)42)19-12-17-4-1-6-23-30(17)26(14-19)22-11-10-21(35(39)40)16-27(22)34(23)38/h1-16H. The largest absolute Gasteiger partial charge is 0.289 e. The maximum atomic E-state index is 13.4. The predicted octanol–water partition coefficient (Wildman–Crippen LogP) is 7.90. The Labute approximate surface area is 236 Å². The van der Waals surface area contributed by atoms with Crippen molar-refractivity contribution in [2.75, 3.05) is 0 Å². The van der Waals surface area contributed by atoms with Crippen molar-refractivity contribution < 1.29 is 19.4 Å². The van der Waals surface area contributed by atoms with Gasteiger partial charge in [-0.3, -0.25) is 29.8 Å². The summed E-state index contributed by atoms with van der Waals surface area (Å²) in [4.78, 5) is 49.4. The Morgan fingerprint density at radius 1 is 0.476 bits per heavy atom. The van der Waals surface area contributed by atoms with Crippen molar-refractivity contribution in [3.05, 3.63) is 140 Å². The molecule has 8 heteroatoms. The minimum absolute atomic E-state index is 0.138. The van der Waals surface area contributed by atoms with E-state index in [4.69, 9.17) is 0 Å². The summed E-state index contributed by atoms with van der Waals surface area (Å²) in [5.74, 6) is -0.520. The van der Waals surface area contributed by atoms with Gasteiger partial charge in [0.15, 0.2) is 11.6 Å². The number of rotatable bonds is 3. The summed E-state index contributed by atoms with van der Waals surface area (Å²) in [5.41, 5.74) is 5.08. The molecule has 0 saturated carbocycles. The molecule has 0 unspecified atom stereocenters. The Bertz CT molecular complexity index is 2300. The van der Waals surface area contributed by atoms with Gasteiger partial charge in [0.1, 0.15) is 0 Å². The molecule has 0 amide bonds. The van der Waals surface area contributed by atoms with Gasteiger partial charge in [-0.05, 0) is 75.0 Å². The van der Waals surface area contributed by atoms with Crippen LogP contribution in [0.4, 0.5) is 11.4 Å². The molecule has 0 aromatic heterocycles. The summed E-state index contributed by atoms with van der Waals surface area (Å²) in [5, 5.41) is 26.6. The van der Waals surface area contributed by atoms with E-state index in [1.54, 1.807) is 36.4 Å². The number of benzene rings is 6. The molecule has 8 nitrogen and oxygen atoms in total. The van der Waals surface area contributed by atoms with Crippen molar-refractivity contribution in [2.45, 2.75) is 0 Å². The molecule has 0 radical (unpaired) electrons. The zero-order valence-corrected chi connectivity index (χ0v) is 21.6. The molecular weight excluding hydrogens is 532 g/mol. The summed E-state index contributed by atoms with van der Waals surface area (Å²) in [6.07, 6.45) is 0. The van der Waals surface area contributed by atoms with Crippen molar-refractivity contribution >= 4 is 44.5 Å². The maximum Gasteiger partial charge on any atom is 0.277 e.